The number of thioether (sulfide) groups is 1. The van der Waals surface area contributed by atoms with Gasteiger partial charge in [-0.1, -0.05) is 16.8 Å². The van der Waals surface area contributed by atoms with E-state index in [0.29, 0.717) is 11.6 Å². The van der Waals surface area contributed by atoms with Gasteiger partial charge in [0, 0.05) is 36.1 Å². The standard InChI is InChI=1S/C14H17ClN4OS/c15-11-1-3-12(4-2-11)21-10-13-17-14(20-18-13)9-19-7-5-16-6-8-19/h1-4,16H,5-10H2. The van der Waals surface area contributed by atoms with Crippen LogP contribution < -0.4 is 5.32 Å². The molecule has 0 spiro atoms. The molecular formula is C14H17ClN4OS. The number of nitrogens with one attached hydrogen (secondary N) is 1. The van der Waals surface area contributed by atoms with E-state index in [9.17, 15) is 0 Å². The van der Waals surface area contributed by atoms with Crippen molar-refractivity contribution in [1.29, 1.82) is 0 Å². The van der Waals surface area contributed by atoms with Crippen molar-refractivity contribution in [3.63, 3.8) is 0 Å². The van der Waals surface area contributed by atoms with E-state index in [0.717, 1.165) is 48.5 Å². The van der Waals surface area contributed by atoms with Gasteiger partial charge in [0.2, 0.25) is 5.89 Å². The largest absolute Gasteiger partial charge is 0.338 e. The van der Waals surface area contributed by atoms with Crippen LogP contribution in [0, 0.1) is 0 Å². The Morgan fingerprint density at radius 1 is 1.24 bits per heavy atom. The molecule has 0 saturated carbocycles. The van der Waals surface area contributed by atoms with Crippen molar-refractivity contribution in [2.24, 2.45) is 0 Å². The van der Waals surface area contributed by atoms with Crippen LogP contribution in [-0.2, 0) is 12.3 Å². The molecule has 5 nitrogen and oxygen atoms in total. The van der Waals surface area contributed by atoms with Gasteiger partial charge in [-0.15, -0.1) is 11.8 Å². The summed E-state index contributed by atoms with van der Waals surface area (Å²) in [4.78, 5) is 7.92. The summed E-state index contributed by atoms with van der Waals surface area (Å²) < 4.78 is 5.32. The first kappa shape index (κ1) is 14.8. The third-order valence-corrected chi connectivity index (χ3v) is 4.52. The highest BCUT2D eigenvalue weighted by Crippen LogP contribution is 2.23. The van der Waals surface area contributed by atoms with Crippen LogP contribution in [0.1, 0.15) is 11.7 Å². The van der Waals surface area contributed by atoms with Crippen LogP contribution in [0.3, 0.4) is 0 Å². The fourth-order valence-electron chi connectivity index (χ4n) is 2.15. The van der Waals surface area contributed by atoms with Gasteiger partial charge in [0.25, 0.3) is 0 Å². The summed E-state index contributed by atoms with van der Waals surface area (Å²) in [5, 5.41) is 8.11. The molecule has 1 N–H and O–H groups in total. The van der Waals surface area contributed by atoms with E-state index in [1.54, 1.807) is 11.8 Å². The van der Waals surface area contributed by atoms with Crippen molar-refractivity contribution in [3.05, 3.63) is 41.0 Å². The molecule has 7 heteroatoms. The van der Waals surface area contributed by atoms with Gasteiger partial charge in [-0.25, -0.2) is 0 Å². The Kier molecular flexibility index (Phi) is 5.13. The van der Waals surface area contributed by atoms with E-state index in [1.807, 2.05) is 24.3 Å². The molecule has 1 fully saturated rings. The van der Waals surface area contributed by atoms with Gasteiger partial charge in [0.15, 0.2) is 5.82 Å². The first-order valence-electron chi connectivity index (χ1n) is 6.92. The molecule has 21 heavy (non-hydrogen) atoms. The maximum absolute atomic E-state index is 5.87. The molecular weight excluding hydrogens is 308 g/mol. The number of halogens is 1. The molecule has 112 valence electrons. The minimum Gasteiger partial charge on any atom is -0.338 e. The molecule has 2 heterocycles. The first-order valence-corrected chi connectivity index (χ1v) is 8.29. The van der Waals surface area contributed by atoms with Crippen LogP contribution >= 0.6 is 23.4 Å². The zero-order valence-electron chi connectivity index (χ0n) is 11.6. The summed E-state index contributed by atoms with van der Waals surface area (Å²) in [6, 6.07) is 7.76. The highest BCUT2D eigenvalue weighted by molar-refractivity contribution is 7.98. The lowest BCUT2D eigenvalue weighted by Gasteiger charge is -2.25. The van der Waals surface area contributed by atoms with Gasteiger partial charge in [-0.3, -0.25) is 4.90 Å². The number of hydrogen-bond acceptors (Lipinski definition) is 6. The Hall–Kier alpha value is -1.08. The predicted molar refractivity (Wildman–Crippen MR) is 83.5 cm³/mol. The minimum absolute atomic E-state index is 0.698. The van der Waals surface area contributed by atoms with Gasteiger partial charge < -0.3 is 9.84 Å². The maximum Gasteiger partial charge on any atom is 0.240 e. The van der Waals surface area contributed by atoms with Gasteiger partial charge in [0.05, 0.1) is 12.3 Å². The zero-order valence-corrected chi connectivity index (χ0v) is 13.2. The van der Waals surface area contributed by atoms with Crippen LogP contribution in [0.4, 0.5) is 0 Å². The molecule has 0 radical (unpaired) electrons. The molecule has 0 unspecified atom stereocenters. The first-order chi connectivity index (χ1) is 10.3. The highest BCUT2D eigenvalue weighted by Gasteiger charge is 2.14. The van der Waals surface area contributed by atoms with E-state index in [2.05, 4.69) is 20.4 Å². The molecule has 0 aliphatic carbocycles. The summed E-state index contributed by atoms with van der Waals surface area (Å²) in [7, 11) is 0. The van der Waals surface area contributed by atoms with Gasteiger partial charge >= 0.3 is 0 Å². The summed E-state index contributed by atoms with van der Waals surface area (Å²) in [5.41, 5.74) is 0. The Bertz CT molecular complexity index is 569. The number of piperazine rings is 1. The molecule has 3 rings (SSSR count). The normalized spacial score (nSPS) is 16.2. The molecule has 1 aliphatic rings. The lowest BCUT2D eigenvalue weighted by atomic mass is 10.3. The Morgan fingerprint density at radius 2 is 2.00 bits per heavy atom. The van der Waals surface area contributed by atoms with Crippen molar-refractivity contribution >= 4 is 23.4 Å². The topological polar surface area (TPSA) is 54.2 Å². The van der Waals surface area contributed by atoms with Crippen molar-refractivity contribution in [3.8, 4) is 0 Å². The predicted octanol–water partition coefficient (Wildman–Crippen LogP) is 2.42. The third kappa shape index (κ3) is 4.44. The molecule has 0 amide bonds. The molecule has 1 saturated heterocycles. The van der Waals surface area contributed by atoms with E-state index in [-0.39, 0.29) is 0 Å². The summed E-state index contributed by atoms with van der Waals surface area (Å²) in [6.45, 7) is 4.83. The second kappa shape index (κ2) is 7.26. The van der Waals surface area contributed by atoms with Crippen LogP contribution in [0.5, 0.6) is 0 Å². The SMILES string of the molecule is Clc1ccc(SCc2noc(CN3CCNCC3)n2)cc1. The van der Waals surface area contributed by atoms with Gasteiger partial charge in [-0.2, -0.15) is 4.98 Å². The monoisotopic (exact) mass is 324 g/mol. The van der Waals surface area contributed by atoms with Crippen LogP contribution in [0.2, 0.25) is 5.02 Å². The van der Waals surface area contributed by atoms with Gasteiger partial charge in [-0.05, 0) is 24.3 Å². The van der Waals surface area contributed by atoms with E-state index >= 15 is 0 Å². The molecule has 0 bridgehead atoms. The minimum atomic E-state index is 0.698. The van der Waals surface area contributed by atoms with Gasteiger partial charge in [0.1, 0.15) is 0 Å². The number of rotatable bonds is 5. The third-order valence-electron chi connectivity index (χ3n) is 3.26. The summed E-state index contributed by atoms with van der Waals surface area (Å²) in [6.07, 6.45) is 0. The number of hydrogen-bond donors (Lipinski definition) is 1. The Labute approximate surface area is 133 Å². The second-order valence-corrected chi connectivity index (χ2v) is 6.36. The molecule has 1 aliphatic heterocycles. The zero-order chi connectivity index (χ0) is 14.5. The van der Waals surface area contributed by atoms with Crippen LogP contribution in [-0.4, -0.2) is 41.2 Å². The van der Waals surface area contributed by atoms with Crippen molar-refractivity contribution in [2.75, 3.05) is 26.2 Å². The molecule has 1 aromatic heterocycles. The van der Waals surface area contributed by atoms with Crippen molar-refractivity contribution in [1.82, 2.24) is 20.4 Å². The van der Waals surface area contributed by atoms with Crippen molar-refractivity contribution in [2.45, 2.75) is 17.2 Å². The molecule has 0 atom stereocenters. The lowest BCUT2D eigenvalue weighted by Crippen LogP contribution is -2.42. The van der Waals surface area contributed by atoms with Crippen LogP contribution in [0.15, 0.2) is 33.7 Å². The summed E-state index contributed by atoms with van der Waals surface area (Å²) >= 11 is 7.54. The average Bonchev–Trinajstić information content (AvgIpc) is 2.95. The molecule has 2 aromatic rings. The fraction of sp³-hybridized carbons (Fsp3) is 0.429. The van der Waals surface area contributed by atoms with E-state index < -0.39 is 0 Å². The van der Waals surface area contributed by atoms with Crippen molar-refractivity contribution < 1.29 is 4.52 Å². The summed E-state index contributed by atoms with van der Waals surface area (Å²) in [5.74, 6) is 2.14. The maximum atomic E-state index is 5.87. The van der Waals surface area contributed by atoms with E-state index in [1.165, 1.54) is 0 Å². The Morgan fingerprint density at radius 3 is 2.76 bits per heavy atom. The fourth-order valence-corrected chi connectivity index (χ4v) is 3.02. The quantitative estimate of drug-likeness (QED) is 0.852. The average molecular weight is 325 g/mol. The highest BCUT2D eigenvalue weighted by atomic mass is 35.5. The van der Waals surface area contributed by atoms with Crippen LogP contribution in [0.25, 0.3) is 0 Å². The number of benzene rings is 1. The second-order valence-electron chi connectivity index (χ2n) is 4.87. The Balaban J connectivity index is 1.51. The molecule has 1 aromatic carbocycles. The van der Waals surface area contributed by atoms with E-state index in [4.69, 9.17) is 16.1 Å². The number of aromatic nitrogens is 2. The number of nitrogens with zero attached hydrogens (tertiary/aromatic N) is 3. The lowest BCUT2D eigenvalue weighted by molar-refractivity contribution is 0.203. The smallest absolute Gasteiger partial charge is 0.240 e.